The van der Waals surface area contributed by atoms with Gasteiger partial charge in [-0.1, -0.05) is 54.1 Å². The molecule has 1 unspecified atom stereocenters. The van der Waals surface area contributed by atoms with E-state index < -0.39 is 11.9 Å². The molecule has 0 fully saturated rings. The van der Waals surface area contributed by atoms with E-state index in [1.54, 1.807) is 18.2 Å². The predicted octanol–water partition coefficient (Wildman–Crippen LogP) is 3.32. The Morgan fingerprint density at radius 2 is 1.87 bits per heavy atom. The smallest absolute Gasteiger partial charge is 0.336 e. The maximum absolute atomic E-state index is 11.6. The van der Waals surface area contributed by atoms with Crippen molar-refractivity contribution in [1.82, 2.24) is 5.32 Å². The molecular formula is C18H15ClN2O2. The first kappa shape index (κ1) is 15.2. The summed E-state index contributed by atoms with van der Waals surface area (Å²) in [6, 6.07) is 16.8. The van der Waals surface area contributed by atoms with E-state index in [1.165, 1.54) is 0 Å². The van der Waals surface area contributed by atoms with Gasteiger partial charge in [-0.25, -0.2) is 4.79 Å². The van der Waals surface area contributed by atoms with Gasteiger partial charge in [-0.3, -0.25) is 0 Å². The van der Waals surface area contributed by atoms with Crippen molar-refractivity contribution >= 4 is 23.3 Å². The summed E-state index contributed by atoms with van der Waals surface area (Å²) in [6.07, 6.45) is 1.86. The van der Waals surface area contributed by atoms with Crippen molar-refractivity contribution in [3.63, 3.8) is 0 Å². The summed E-state index contributed by atoms with van der Waals surface area (Å²) in [5.74, 6) is -1.38. The monoisotopic (exact) mass is 326 g/mol. The number of carbonyl (C=O) groups is 1. The summed E-state index contributed by atoms with van der Waals surface area (Å²) in [7, 11) is 0. The van der Waals surface area contributed by atoms with Crippen LogP contribution in [0, 0.1) is 0 Å². The Bertz CT molecular complexity index is 813. The molecule has 0 saturated carbocycles. The maximum atomic E-state index is 11.6. The molecule has 1 aliphatic heterocycles. The van der Waals surface area contributed by atoms with Gasteiger partial charge < -0.3 is 16.2 Å². The van der Waals surface area contributed by atoms with Crippen molar-refractivity contribution in [3.05, 3.63) is 88.2 Å². The Hall–Kier alpha value is -2.72. The minimum Gasteiger partial charge on any atom is -0.478 e. The van der Waals surface area contributed by atoms with Gasteiger partial charge in [0.1, 0.15) is 5.82 Å². The van der Waals surface area contributed by atoms with E-state index in [0.717, 1.165) is 16.8 Å². The second kappa shape index (κ2) is 6.18. The molecule has 0 amide bonds. The summed E-state index contributed by atoms with van der Waals surface area (Å²) in [6.45, 7) is 0. The largest absolute Gasteiger partial charge is 0.478 e. The van der Waals surface area contributed by atoms with Gasteiger partial charge >= 0.3 is 5.97 Å². The van der Waals surface area contributed by atoms with Crippen molar-refractivity contribution < 1.29 is 9.90 Å². The van der Waals surface area contributed by atoms with Crippen LogP contribution < -0.4 is 11.1 Å². The normalized spacial score (nSPS) is 17.4. The van der Waals surface area contributed by atoms with Gasteiger partial charge in [0.25, 0.3) is 0 Å². The SMILES string of the molecule is NC1=C(C(=O)O)C(c2cccc(Cl)c2)C=C(c2ccccc2)N1. The minimum atomic E-state index is -1.05. The van der Waals surface area contributed by atoms with E-state index in [4.69, 9.17) is 17.3 Å². The first-order valence-electron chi connectivity index (χ1n) is 7.09. The fraction of sp³-hybridized carbons (Fsp3) is 0.0556. The average Bonchev–Trinajstić information content (AvgIpc) is 2.54. The highest BCUT2D eigenvalue weighted by Gasteiger charge is 2.28. The molecular weight excluding hydrogens is 312 g/mol. The van der Waals surface area contributed by atoms with E-state index in [9.17, 15) is 9.90 Å². The van der Waals surface area contributed by atoms with Crippen LogP contribution in [0.5, 0.6) is 0 Å². The first-order chi connectivity index (χ1) is 11.1. The van der Waals surface area contributed by atoms with Crippen molar-refractivity contribution in [2.45, 2.75) is 5.92 Å². The van der Waals surface area contributed by atoms with Crippen LogP contribution in [0.4, 0.5) is 0 Å². The van der Waals surface area contributed by atoms with E-state index in [1.807, 2.05) is 42.5 Å². The molecule has 0 saturated heterocycles. The van der Waals surface area contributed by atoms with Crippen molar-refractivity contribution in [2.24, 2.45) is 5.73 Å². The minimum absolute atomic E-state index is 0.118. The molecule has 0 aliphatic carbocycles. The van der Waals surface area contributed by atoms with Crippen LogP contribution in [0.15, 0.2) is 72.1 Å². The molecule has 4 nitrogen and oxygen atoms in total. The number of nitrogens with two attached hydrogens (primary N) is 1. The van der Waals surface area contributed by atoms with Crippen LogP contribution in [0.25, 0.3) is 5.70 Å². The van der Waals surface area contributed by atoms with Gasteiger partial charge in [-0.05, 0) is 29.3 Å². The lowest BCUT2D eigenvalue weighted by Crippen LogP contribution is -2.30. The Balaban J connectivity index is 2.11. The van der Waals surface area contributed by atoms with Gasteiger partial charge in [0.15, 0.2) is 0 Å². The van der Waals surface area contributed by atoms with Crippen LogP contribution >= 0.6 is 11.6 Å². The second-order valence-corrected chi connectivity index (χ2v) is 5.67. The number of benzene rings is 2. The zero-order valence-corrected chi connectivity index (χ0v) is 12.9. The van der Waals surface area contributed by atoms with Gasteiger partial charge in [0.05, 0.1) is 5.57 Å². The lowest BCUT2D eigenvalue weighted by atomic mass is 9.87. The summed E-state index contributed by atoms with van der Waals surface area (Å²) in [5.41, 5.74) is 8.60. The molecule has 2 aromatic carbocycles. The van der Waals surface area contributed by atoms with E-state index in [0.29, 0.717) is 5.02 Å². The van der Waals surface area contributed by atoms with E-state index in [-0.39, 0.29) is 11.4 Å². The zero-order chi connectivity index (χ0) is 16.4. The molecule has 1 heterocycles. The van der Waals surface area contributed by atoms with Gasteiger partial charge in [0.2, 0.25) is 0 Å². The van der Waals surface area contributed by atoms with Crippen LogP contribution in [-0.2, 0) is 4.79 Å². The molecule has 5 heteroatoms. The Morgan fingerprint density at radius 1 is 1.13 bits per heavy atom. The molecule has 0 aromatic heterocycles. The fourth-order valence-corrected chi connectivity index (χ4v) is 2.87. The highest BCUT2D eigenvalue weighted by atomic mass is 35.5. The number of nitrogens with one attached hydrogen (secondary N) is 1. The molecule has 23 heavy (non-hydrogen) atoms. The van der Waals surface area contributed by atoms with Gasteiger partial charge in [-0.2, -0.15) is 0 Å². The number of carboxylic acids is 1. The average molecular weight is 327 g/mol. The molecule has 1 aliphatic rings. The lowest BCUT2D eigenvalue weighted by molar-refractivity contribution is -0.133. The topological polar surface area (TPSA) is 75.4 Å². The highest BCUT2D eigenvalue weighted by Crippen LogP contribution is 2.34. The van der Waals surface area contributed by atoms with Crippen LogP contribution in [-0.4, -0.2) is 11.1 Å². The zero-order valence-electron chi connectivity index (χ0n) is 12.2. The number of rotatable bonds is 3. The predicted molar refractivity (Wildman–Crippen MR) is 90.6 cm³/mol. The highest BCUT2D eigenvalue weighted by molar-refractivity contribution is 6.30. The number of aliphatic carboxylic acids is 1. The molecule has 0 bridgehead atoms. The fourth-order valence-electron chi connectivity index (χ4n) is 2.67. The van der Waals surface area contributed by atoms with Crippen LogP contribution in [0.1, 0.15) is 17.0 Å². The van der Waals surface area contributed by atoms with Crippen LogP contribution in [0.3, 0.4) is 0 Å². The van der Waals surface area contributed by atoms with E-state index in [2.05, 4.69) is 5.32 Å². The van der Waals surface area contributed by atoms with Crippen molar-refractivity contribution in [2.75, 3.05) is 0 Å². The van der Waals surface area contributed by atoms with Gasteiger partial charge in [-0.15, -0.1) is 0 Å². The molecule has 3 rings (SSSR count). The summed E-state index contributed by atoms with van der Waals surface area (Å²) in [5, 5.41) is 13.1. The van der Waals surface area contributed by atoms with Crippen molar-refractivity contribution in [3.8, 4) is 0 Å². The first-order valence-corrected chi connectivity index (χ1v) is 7.46. The number of allylic oxidation sites excluding steroid dienone is 1. The Kier molecular flexibility index (Phi) is 4.08. The van der Waals surface area contributed by atoms with Crippen molar-refractivity contribution in [1.29, 1.82) is 0 Å². The standard InChI is InChI=1S/C18H15ClN2O2/c19-13-8-4-7-12(9-13)14-10-15(11-5-2-1-3-6-11)21-17(20)16(14)18(22)23/h1-10,14,21H,20H2,(H,22,23). The third-order valence-corrected chi connectivity index (χ3v) is 3.96. The number of hydrogen-bond acceptors (Lipinski definition) is 3. The number of halogens is 1. The summed E-state index contributed by atoms with van der Waals surface area (Å²) >= 11 is 6.05. The summed E-state index contributed by atoms with van der Waals surface area (Å²) in [4.78, 5) is 11.6. The molecule has 0 spiro atoms. The second-order valence-electron chi connectivity index (χ2n) is 5.24. The third-order valence-electron chi connectivity index (χ3n) is 3.73. The molecule has 116 valence electrons. The molecule has 4 N–H and O–H groups in total. The third kappa shape index (κ3) is 3.07. The Labute approximate surface area is 138 Å². The maximum Gasteiger partial charge on any atom is 0.336 e. The molecule has 1 atom stereocenters. The quantitative estimate of drug-likeness (QED) is 0.808. The molecule has 0 radical (unpaired) electrons. The number of carboxylic acid groups (broad SMARTS) is 1. The Morgan fingerprint density at radius 3 is 2.52 bits per heavy atom. The number of hydrogen-bond donors (Lipinski definition) is 3. The molecule has 2 aromatic rings. The lowest BCUT2D eigenvalue weighted by Gasteiger charge is -2.25. The number of dihydropyridines is 1. The van der Waals surface area contributed by atoms with E-state index >= 15 is 0 Å². The van der Waals surface area contributed by atoms with Gasteiger partial charge in [0, 0.05) is 16.6 Å². The summed E-state index contributed by atoms with van der Waals surface area (Å²) < 4.78 is 0. The van der Waals surface area contributed by atoms with Crippen LogP contribution in [0.2, 0.25) is 5.02 Å².